The Morgan fingerprint density at radius 1 is 1.59 bits per heavy atom. The monoisotopic (exact) mass is 237 g/mol. The second-order valence-electron chi connectivity index (χ2n) is 4.44. The molecule has 4 nitrogen and oxygen atoms in total. The molecule has 1 unspecified atom stereocenters. The van der Waals surface area contributed by atoms with Crippen molar-refractivity contribution in [2.45, 2.75) is 19.3 Å². The molecule has 2 rings (SSSR count). The first-order chi connectivity index (χ1) is 8.15. The fourth-order valence-corrected chi connectivity index (χ4v) is 2.30. The lowest BCUT2D eigenvalue weighted by atomic mass is 9.94. The van der Waals surface area contributed by atoms with Gasteiger partial charge < -0.3 is 10.6 Å². The molecule has 92 valence electrons. The highest BCUT2D eigenvalue weighted by Gasteiger charge is 2.22. The van der Waals surface area contributed by atoms with Crippen LogP contribution in [0.2, 0.25) is 0 Å². The molecule has 1 aromatic heterocycles. The van der Waals surface area contributed by atoms with Crippen molar-refractivity contribution in [3.63, 3.8) is 0 Å². The summed E-state index contributed by atoms with van der Waals surface area (Å²) in [7, 11) is 0. The number of amides is 1. The van der Waals surface area contributed by atoms with E-state index in [1.54, 1.807) is 12.1 Å². The number of halogens is 1. The van der Waals surface area contributed by atoms with Gasteiger partial charge in [0.25, 0.3) is 0 Å². The fraction of sp³-hybridized carbons (Fsp3) is 0.500. The van der Waals surface area contributed by atoms with Crippen LogP contribution < -0.4 is 10.6 Å². The van der Waals surface area contributed by atoms with Gasteiger partial charge in [-0.2, -0.15) is 4.39 Å². The zero-order valence-electron chi connectivity index (χ0n) is 9.60. The third-order valence-electron chi connectivity index (χ3n) is 3.03. The first-order valence-electron chi connectivity index (χ1n) is 5.81. The van der Waals surface area contributed by atoms with Gasteiger partial charge in [0.2, 0.25) is 11.9 Å². The molecule has 0 aliphatic carbocycles. The summed E-state index contributed by atoms with van der Waals surface area (Å²) in [5.74, 6) is 0.147. The maximum atomic E-state index is 13.0. The molecule has 0 radical (unpaired) electrons. The molecule has 0 aromatic carbocycles. The Balaban J connectivity index is 2.04. The van der Waals surface area contributed by atoms with Gasteiger partial charge in [-0.3, -0.25) is 4.79 Å². The third-order valence-corrected chi connectivity index (χ3v) is 3.03. The topological polar surface area (TPSA) is 59.2 Å². The van der Waals surface area contributed by atoms with Gasteiger partial charge in [-0.1, -0.05) is 6.07 Å². The van der Waals surface area contributed by atoms with Crippen LogP contribution in [-0.4, -0.2) is 24.0 Å². The van der Waals surface area contributed by atoms with Crippen LogP contribution in [0.3, 0.4) is 0 Å². The van der Waals surface area contributed by atoms with Gasteiger partial charge in [-0.05, 0) is 30.9 Å². The van der Waals surface area contributed by atoms with Crippen molar-refractivity contribution in [1.29, 1.82) is 0 Å². The number of carbonyl (C=O) groups is 1. The normalized spacial score (nSPS) is 20.3. The molecule has 1 aliphatic rings. The molecular formula is C12H16FN3O. The van der Waals surface area contributed by atoms with Crippen LogP contribution in [-0.2, 0) is 4.79 Å². The van der Waals surface area contributed by atoms with Crippen LogP contribution in [0.4, 0.5) is 10.2 Å². The molecule has 5 heteroatoms. The van der Waals surface area contributed by atoms with Gasteiger partial charge in [-0.25, -0.2) is 4.98 Å². The number of piperidine rings is 1. The number of carbonyl (C=O) groups excluding carboxylic acids is 1. The minimum absolute atomic E-state index is 0.256. The quantitative estimate of drug-likeness (QED) is 0.806. The van der Waals surface area contributed by atoms with Gasteiger partial charge in [0.15, 0.2) is 0 Å². The molecule has 1 aromatic rings. The summed E-state index contributed by atoms with van der Waals surface area (Å²) < 4.78 is 13.0. The predicted molar refractivity (Wildman–Crippen MR) is 62.9 cm³/mol. The van der Waals surface area contributed by atoms with Gasteiger partial charge in [0.1, 0.15) is 5.82 Å². The van der Waals surface area contributed by atoms with Crippen molar-refractivity contribution < 1.29 is 9.18 Å². The largest absolute Gasteiger partial charge is 0.370 e. The van der Waals surface area contributed by atoms with Crippen LogP contribution in [0, 0.1) is 11.9 Å². The lowest BCUT2D eigenvalue weighted by Crippen LogP contribution is -2.37. The van der Waals surface area contributed by atoms with Crippen LogP contribution in [0.15, 0.2) is 18.2 Å². The van der Waals surface area contributed by atoms with E-state index >= 15 is 0 Å². The van der Waals surface area contributed by atoms with Gasteiger partial charge >= 0.3 is 0 Å². The van der Waals surface area contributed by atoms with Crippen LogP contribution in [0.1, 0.15) is 19.3 Å². The highest BCUT2D eigenvalue weighted by atomic mass is 19.1. The van der Waals surface area contributed by atoms with Crippen molar-refractivity contribution in [3.8, 4) is 0 Å². The predicted octanol–water partition coefficient (Wildman–Crippen LogP) is 1.31. The number of anilines is 1. The van der Waals surface area contributed by atoms with E-state index in [9.17, 15) is 9.18 Å². The van der Waals surface area contributed by atoms with Crippen LogP contribution in [0.5, 0.6) is 0 Å². The SMILES string of the molecule is NC(=O)CC1CCCN(c2cccc(F)n2)C1. The van der Waals surface area contributed by atoms with Crippen molar-refractivity contribution in [2.24, 2.45) is 11.7 Å². The maximum absolute atomic E-state index is 13.0. The molecule has 0 saturated carbocycles. The van der Waals surface area contributed by atoms with Crippen molar-refractivity contribution in [2.75, 3.05) is 18.0 Å². The zero-order chi connectivity index (χ0) is 12.3. The number of rotatable bonds is 3. The number of nitrogens with zero attached hydrogens (tertiary/aromatic N) is 2. The average Bonchev–Trinajstić information content (AvgIpc) is 2.28. The molecule has 1 atom stereocenters. The minimum Gasteiger partial charge on any atom is -0.370 e. The zero-order valence-corrected chi connectivity index (χ0v) is 9.60. The van der Waals surface area contributed by atoms with E-state index in [4.69, 9.17) is 5.73 Å². The Kier molecular flexibility index (Phi) is 3.56. The fourth-order valence-electron chi connectivity index (χ4n) is 2.30. The van der Waals surface area contributed by atoms with Crippen LogP contribution >= 0.6 is 0 Å². The van der Waals surface area contributed by atoms with E-state index in [0.29, 0.717) is 12.2 Å². The minimum atomic E-state index is -0.473. The van der Waals surface area contributed by atoms with Gasteiger partial charge in [-0.15, -0.1) is 0 Å². The number of aromatic nitrogens is 1. The first kappa shape index (κ1) is 11.8. The Hall–Kier alpha value is -1.65. The van der Waals surface area contributed by atoms with Crippen molar-refractivity contribution >= 4 is 11.7 Å². The molecule has 0 spiro atoms. The van der Waals surface area contributed by atoms with Crippen molar-refractivity contribution in [3.05, 3.63) is 24.1 Å². The number of pyridine rings is 1. The van der Waals surface area contributed by atoms with E-state index in [0.717, 1.165) is 25.9 Å². The third kappa shape index (κ3) is 3.15. The lowest BCUT2D eigenvalue weighted by molar-refractivity contribution is -0.118. The summed E-state index contributed by atoms with van der Waals surface area (Å²) in [4.78, 5) is 16.8. The Morgan fingerprint density at radius 3 is 3.12 bits per heavy atom. The molecule has 2 N–H and O–H groups in total. The molecule has 17 heavy (non-hydrogen) atoms. The highest BCUT2D eigenvalue weighted by molar-refractivity contribution is 5.74. The smallest absolute Gasteiger partial charge is 0.217 e. The Labute approximate surface area is 99.6 Å². The Bertz CT molecular complexity index is 410. The van der Waals surface area contributed by atoms with Crippen LogP contribution in [0.25, 0.3) is 0 Å². The number of primary amides is 1. The number of hydrogen-bond donors (Lipinski definition) is 1. The van der Waals surface area contributed by atoms with Crippen molar-refractivity contribution in [1.82, 2.24) is 4.98 Å². The molecule has 1 aliphatic heterocycles. The summed E-state index contributed by atoms with van der Waals surface area (Å²) in [6.45, 7) is 1.57. The lowest BCUT2D eigenvalue weighted by Gasteiger charge is -2.33. The summed E-state index contributed by atoms with van der Waals surface area (Å²) >= 11 is 0. The van der Waals surface area contributed by atoms with Gasteiger partial charge in [0.05, 0.1) is 0 Å². The molecule has 1 saturated heterocycles. The standard InChI is InChI=1S/C12H16FN3O/c13-10-4-1-5-12(15-10)16-6-2-3-9(8-16)7-11(14)17/h1,4-5,9H,2-3,6-8H2,(H2,14,17). The number of nitrogens with two attached hydrogens (primary N) is 1. The summed E-state index contributed by atoms with van der Waals surface area (Å²) in [5.41, 5.74) is 5.20. The first-order valence-corrected chi connectivity index (χ1v) is 5.81. The number of hydrogen-bond acceptors (Lipinski definition) is 3. The second-order valence-corrected chi connectivity index (χ2v) is 4.44. The molecule has 0 bridgehead atoms. The Morgan fingerprint density at radius 2 is 2.41 bits per heavy atom. The van der Waals surface area contributed by atoms with Gasteiger partial charge in [0, 0.05) is 19.5 Å². The average molecular weight is 237 g/mol. The maximum Gasteiger partial charge on any atom is 0.217 e. The summed E-state index contributed by atoms with van der Waals surface area (Å²) in [5, 5.41) is 0. The van der Waals surface area contributed by atoms with E-state index in [1.165, 1.54) is 6.07 Å². The molecule has 1 amide bonds. The van der Waals surface area contributed by atoms with E-state index in [2.05, 4.69) is 4.98 Å². The molecular weight excluding hydrogens is 221 g/mol. The summed E-state index contributed by atoms with van der Waals surface area (Å²) in [6.07, 6.45) is 2.37. The van der Waals surface area contributed by atoms with E-state index in [1.807, 2.05) is 4.90 Å². The summed E-state index contributed by atoms with van der Waals surface area (Å²) in [6, 6.07) is 4.76. The molecule has 1 fully saturated rings. The van der Waals surface area contributed by atoms with E-state index in [-0.39, 0.29) is 11.8 Å². The van der Waals surface area contributed by atoms with E-state index < -0.39 is 5.95 Å². The molecule has 2 heterocycles. The second kappa shape index (κ2) is 5.12. The highest BCUT2D eigenvalue weighted by Crippen LogP contribution is 2.23.